The van der Waals surface area contributed by atoms with Gasteiger partial charge in [-0.2, -0.15) is 0 Å². The van der Waals surface area contributed by atoms with E-state index < -0.39 is 14.2 Å². The van der Waals surface area contributed by atoms with Gasteiger partial charge in [0.15, 0.2) is 0 Å². The Labute approximate surface area is 350 Å². The molecule has 0 amide bonds. The molecule has 0 aliphatic rings. The molecule has 0 fully saturated rings. The molecule has 2 aromatic rings. The zero-order valence-corrected chi connectivity index (χ0v) is 39.8. The summed E-state index contributed by atoms with van der Waals surface area (Å²) in [5.41, 5.74) is 8.84. The van der Waals surface area contributed by atoms with Crippen molar-refractivity contribution >= 4 is 8.60 Å². The average molecular weight is 795 g/mol. The summed E-state index contributed by atoms with van der Waals surface area (Å²) in [6.45, 7) is 25.1. The maximum Gasteiger partial charge on any atom is 0.328 e. The Hall–Kier alpha value is -1.25. The van der Waals surface area contributed by atoms with Crippen molar-refractivity contribution in [2.24, 2.45) is 0 Å². The van der Waals surface area contributed by atoms with Crippen molar-refractivity contribution in [1.29, 1.82) is 0 Å². The molecule has 2 aromatic carbocycles. The van der Waals surface area contributed by atoms with E-state index >= 15 is 0 Å². The van der Waals surface area contributed by atoms with Gasteiger partial charge in [-0.1, -0.05) is 221 Å². The second-order valence-corrected chi connectivity index (χ2v) is 20.3. The Bertz CT molecular complexity index is 1250. The van der Waals surface area contributed by atoms with Gasteiger partial charge in [-0.25, -0.2) is 0 Å². The minimum Gasteiger partial charge on any atom is -0.328 e. The minimum atomic E-state index is -2.62. The van der Waals surface area contributed by atoms with E-state index in [4.69, 9.17) is 4.52 Å². The molecule has 0 saturated carbocycles. The van der Waals surface area contributed by atoms with Crippen LogP contribution < -0.4 is 0 Å². The second kappa shape index (κ2) is 26.8. The van der Waals surface area contributed by atoms with Gasteiger partial charge in [-0.3, -0.25) is 4.52 Å². The maximum atomic E-state index is 10.8. The van der Waals surface area contributed by atoms with E-state index in [1.165, 1.54) is 175 Å². The lowest BCUT2D eigenvalue weighted by atomic mass is 9.68. The lowest BCUT2D eigenvalue weighted by Crippen LogP contribution is -2.36. The fourth-order valence-electron chi connectivity index (χ4n) is 8.96. The summed E-state index contributed by atoms with van der Waals surface area (Å²) in [7, 11) is -2.62. The van der Waals surface area contributed by atoms with Crippen LogP contribution in [0.2, 0.25) is 0 Å². The van der Waals surface area contributed by atoms with Gasteiger partial charge in [0.25, 0.3) is 0 Å². The number of unbranched alkanes of at least 4 members (excludes halogenated alkanes) is 20. The van der Waals surface area contributed by atoms with Crippen molar-refractivity contribution in [1.82, 2.24) is 0 Å². The molecule has 2 rings (SSSR count). The third-order valence-electron chi connectivity index (χ3n) is 12.4. The highest BCUT2D eigenvalue weighted by Crippen LogP contribution is 2.52. The summed E-state index contributed by atoms with van der Waals surface area (Å²) in [6.07, 6.45) is 33.4. The van der Waals surface area contributed by atoms with Crippen molar-refractivity contribution in [2.75, 3.05) is 0 Å². The van der Waals surface area contributed by atoms with Gasteiger partial charge in [0.05, 0.1) is 0 Å². The first-order valence-electron chi connectivity index (χ1n) is 23.8. The highest BCUT2D eigenvalue weighted by molar-refractivity contribution is 7.39. The quantitative estimate of drug-likeness (QED) is 0.0612. The summed E-state index contributed by atoms with van der Waals surface area (Å²) in [5.74, 6) is 0. The molecule has 0 spiro atoms. The Morgan fingerprint density at radius 2 is 0.732 bits per heavy atom. The summed E-state index contributed by atoms with van der Waals surface area (Å²) in [6, 6.07) is 9.64. The molecule has 0 unspecified atom stereocenters. The van der Waals surface area contributed by atoms with E-state index in [0.717, 1.165) is 30.4 Å². The van der Waals surface area contributed by atoms with Crippen LogP contribution in [-0.4, -0.2) is 9.79 Å². The third kappa shape index (κ3) is 17.5. The van der Waals surface area contributed by atoms with Gasteiger partial charge in [-0.05, 0) is 101 Å². The molecule has 4 heteroatoms. The first kappa shape index (κ1) is 50.9. The zero-order chi connectivity index (χ0) is 41.6. The number of hydrogen-bond donors (Lipinski definition) is 2. The van der Waals surface area contributed by atoms with Crippen LogP contribution in [0.3, 0.4) is 0 Å². The van der Waals surface area contributed by atoms with Gasteiger partial charge >= 0.3 is 8.60 Å². The summed E-state index contributed by atoms with van der Waals surface area (Å²) < 4.78 is 6.63. The molecular weight excluding hydrogens is 704 g/mol. The first-order valence-corrected chi connectivity index (χ1v) is 24.9. The van der Waals surface area contributed by atoms with Crippen molar-refractivity contribution in [3.63, 3.8) is 0 Å². The maximum absolute atomic E-state index is 10.8. The van der Waals surface area contributed by atoms with Crippen molar-refractivity contribution in [3.05, 3.63) is 68.8 Å². The molecule has 0 heterocycles. The number of aryl methyl sites for hydroxylation is 4. The SMILES string of the molecule is CCCCCCCCCCCCCc1cc(C(C)(C)C)c(C(CCC)(OP(O)O)c2cc(C)c(CCCCCCCCCCCCC)cc2C(C)(C)C)cc1C. The Morgan fingerprint density at radius 3 is 1.00 bits per heavy atom. The number of rotatable bonds is 30. The highest BCUT2D eigenvalue weighted by atomic mass is 31.2. The van der Waals surface area contributed by atoms with Gasteiger partial charge < -0.3 is 9.79 Å². The number of benzene rings is 2. The van der Waals surface area contributed by atoms with Gasteiger partial charge in [0.2, 0.25) is 0 Å². The van der Waals surface area contributed by atoms with Crippen LogP contribution in [-0.2, 0) is 33.8 Å². The summed E-state index contributed by atoms with van der Waals surface area (Å²) in [5, 5.41) is 0. The fourth-order valence-corrected chi connectivity index (χ4v) is 9.53. The van der Waals surface area contributed by atoms with E-state index in [-0.39, 0.29) is 10.8 Å². The summed E-state index contributed by atoms with van der Waals surface area (Å²) >= 11 is 0. The van der Waals surface area contributed by atoms with Gasteiger partial charge in [-0.15, -0.1) is 0 Å². The van der Waals surface area contributed by atoms with Crippen LogP contribution in [0.5, 0.6) is 0 Å². The number of hydrogen-bond acceptors (Lipinski definition) is 3. The predicted octanol–water partition coefficient (Wildman–Crippen LogP) is 16.9. The standard InChI is InChI=1S/C52H91O3P/c1-12-15-17-19-21-23-25-27-29-31-33-35-44-40-46(50(6,7)8)48(38-42(44)4)52(37-14-3,55-56(53)54)49-39-43(5)45(41-47(49)51(9,10)11)36-34-32-30-28-26-24-22-20-18-16-13-2/h38-41,53-54H,12-37H2,1-11H3. The molecule has 2 N–H and O–H groups in total. The van der Waals surface area contributed by atoms with E-state index in [1.54, 1.807) is 0 Å². The molecular formula is C52H91O3P. The molecule has 0 aliphatic heterocycles. The second-order valence-electron chi connectivity index (χ2n) is 19.6. The largest absolute Gasteiger partial charge is 0.328 e. The van der Waals surface area contributed by atoms with Crippen LogP contribution in [0, 0.1) is 13.8 Å². The zero-order valence-electron chi connectivity index (χ0n) is 38.9. The molecule has 0 aliphatic carbocycles. The molecule has 3 nitrogen and oxygen atoms in total. The van der Waals surface area contributed by atoms with Gasteiger partial charge in [0, 0.05) is 0 Å². The molecule has 0 aromatic heterocycles. The van der Waals surface area contributed by atoms with Crippen molar-refractivity contribution < 1.29 is 14.3 Å². The predicted molar refractivity (Wildman–Crippen MR) is 248 cm³/mol. The first-order chi connectivity index (χ1) is 26.6. The van der Waals surface area contributed by atoms with Crippen molar-refractivity contribution in [2.45, 2.75) is 260 Å². The topological polar surface area (TPSA) is 49.7 Å². The van der Waals surface area contributed by atoms with E-state index in [1.807, 2.05) is 0 Å². The van der Waals surface area contributed by atoms with E-state index in [9.17, 15) is 9.79 Å². The van der Waals surface area contributed by atoms with Crippen LogP contribution >= 0.6 is 8.60 Å². The van der Waals surface area contributed by atoms with Crippen LogP contribution in [0.15, 0.2) is 24.3 Å². The Balaban J connectivity index is 2.38. The minimum absolute atomic E-state index is 0.156. The molecule has 322 valence electrons. The molecule has 0 radical (unpaired) electrons. The fraction of sp³-hybridized carbons (Fsp3) is 0.769. The van der Waals surface area contributed by atoms with Crippen LogP contribution in [0.1, 0.15) is 261 Å². The van der Waals surface area contributed by atoms with Crippen LogP contribution in [0.4, 0.5) is 0 Å². The monoisotopic (exact) mass is 795 g/mol. The lowest BCUT2D eigenvalue weighted by Gasteiger charge is -2.42. The van der Waals surface area contributed by atoms with Crippen molar-refractivity contribution in [3.8, 4) is 0 Å². The van der Waals surface area contributed by atoms with E-state index in [0.29, 0.717) is 6.42 Å². The Morgan fingerprint density at radius 1 is 0.429 bits per heavy atom. The van der Waals surface area contributed by atoms with E-state index in [2.05, 4.69) is 100 Å². The molecule has 56 heavy (non-hydrogen) atoms. The normalized spacial score (nSPS) is 12.7. The molecule has 0 atom stereocenters. The summed E-state index contributed by atoms with van der Waals surface area (Å²) in [4.78, 5) is 21.6. The Kier molecular flexibility index (Phi) is 24.3. The third-order valence-corrected chi connectivity index (χ3v) is 12.9. The molecule has 0 saturated heterocycles. The van der Waals surface area contributed by atoms with Crippen LogP contribution in [0.25, 0.3) is 0 Å². The lowest BCUT2D eigenvalue weighted by molar-refractivity contribution is 0.0775. The molecule has 0 bridgehead atoms. The average Bonchev–Trinajstić information content (AvgIpc) is 3.12. The smallest absolute Gasteiger partial charge is 0.328 e. The highest BCUT2D eigenvalue weighted by Gasteiger charge is 2.44. The van der Waals surface area contributed by atoms with Gasteiger partial charge in [0.1, 0.15) is 5.60 Å².